The lowest BCUT2D eigenvalue weighted by atomic mass is 10.1. The number of carbonyl (C=O) groups is 1. The maximum Gasteiger partial charge on any atom is 0.338 e. The van der Waals surface area contributed by atoms with Gasteiger partial charge in [-0.3, -0.25) is 0 Å². The zero-order valence-electron chi connectivity index (χ0n) is 16.6. The van der Waals surface area contributed by atoms with E-state index >= 15 is 0 Å². The molecule has 31 heavy (non-hydrogen) atoms. The predicted octanol–water partition coefficient (Wildman–Crippen LogP) is 5.27. The van der Waals surface area contributed by atoms with E-state index in [-0.39, 0.29) is 6.61 Å². The van der Waals surface area contributed by atoms with Crippen molar-refractivity contribution in [3.63, 3.8) is 0 Å². The van der Waals surface area contributed by atoms with Crippen LogP contribution in [0.4, 0.5) is 0 Å². The third-order valence-electron chi connectivity index (χ3n) is 5.09. The first-order chi connectivity index (χ1) is 15.1. The molecule has 0 radical (unpaired) electrons. The molecule has 0 saturated heterocycles. The number of carbonyl (C=O) groups excluding carboxylic acids is 1. The van der Waals surface area contributed by atoms with E-state index in [0.29, 0.717) is 28.0 Å². The summed E-state index contributed by atoms with van der Waals surface area (Å²) in [7, 11) is 0. The van der Waals surface area contributed by atoms with E-state index in [1.54, 1.807) is 24.3 Å². The van der Waals surface area contributed by atoms with Crippen molar-refractivity contribution in [3.05, 3.63) is 99.9 Å². The minimum absolute atomic E-state index is 0.0444. The number of rotatable bonds is 4. The first kappa shape index (κ1) is 18.8. The van der Waals surface area contributed by atoms with Gasteiger partial charge in [0.25, 0.3) is 0 Å². The molecule has 2 aromatic heterocycles. The Bertz CT molecular complexity index is 1480. The second-order valence-electron chi connectivity index (χ2n) is 7.28. The molecule has 5 rings (SSSR count). The fourth-order valence-electron chi connectivity index (χ4n) is 3.55. The summed E-state index contributed by atoms with van der Waals surface area (Å²) in [4.78, 5) is 24.6. The minimum Gasteiger partial charge on any atom is -0.457 e. The molecule has 6 heteroatoms. The summed E-state index contributed by atoms with van der Waals surface area (Å²) >= 11 is 0. The van der Waals surface area contributed by atoms with Gasteiger partial charge in [0.2, 0.25) is 0 Å². The maximum absolute atomic E-state index is 12.7. The normalized spacial score (nSPS) is 11.1. The Hall–Kier alpha value is -4.19. The summed E-state index contributed by atoms with van der Waals surface area (Å²) in [5.74, 6) is 0.0860. The van der Waals surface area contributed by atoms with Gasteiger partial charge in [-0.25, -0.2) is 9.59 Å². The average molecular weight is 411 g/mol. The van der Waals surface area contributed by atoms with Gasteiger partial charge in [0, 0.05) is 22.6 Å². The van der Waals surface area contributed by atoms with Crippen LogP contribution in [0.5, 0.6) is 0 Å². The average Bonchev–Trinajstić information content (AvgIpc) is 3.20. The van der Waals surface area contributed by atoms with Crippen molar-refractivity contribution in [3.8, 4) is 11.3 Å². The Kier molecular flexibility index (Phi) is 4.59. The predicted molar refractivity (Wildman–Crippen MR) is 116 cm³/mol. The van der Waals surface area contributed by atoms with Crippen LogP contribution in [0.1, 0.15) is 21.5 Å². The molecule has 3 aromatic carbocycles. The van der Waals surface area contributed by atoms with Crippen LogP contribution in [-0.2, 0) is 11.3 Å². The minimum atomic E-state index is -0.504. The van der Waals surface area contributed by atoms with Crippen LogP contribution in [0.2, 0.25) is 0 Å². The molecule has 0 aliphatic carbocycles. The second-order valence-corrected chi connectivity index (χ2v) is 7.28. The van der Waals surface area contributed by atoms with Crippen LogP contribution >= 0.6 is 0 Å². The number of benzene rings is 3. The third kappa shape index (κ3) is 3.59. The van der Waals surface area contributed by atoms with E-state index in [4.69, 9.17) is 13.7 Å². The molecule has 6 nitrogen and oxygen atoms in total. The fraction of sp³-hybridized carbons (Fsp3) is 0.0800. The van der Waals surface area contributed by atoms with E-state index in [0.717, 1.165) is 21.9 Å². The van der Waals surface area contributed by atoms with Gasteiger partial charge in [0.15, 0.2) is 5.76 Å². The van der Waals surface area contributed by atoms with Crippen LogP contribution in [0.15, 0.2) is 86.5 Å². The van der Waals surface area contributed by atoms with Crippen LogP contribution in [0.3, 0.4) is 0 Å². The smallest absolute Gasteiger partial charge is 0.338 e. The molecule has 2 heterocycles. The van der Waals surface area contributed by atoms with Crippen molar-refractivity contribution >= 4 is 27.8 Å². The molecule has 0 unspecified atom stereocenters. The standard InChI is InChI=1S/C25H17NO5/c1-15-7-9-19-18(13-23(27)30-22(19)11-15)14-29-25(28)17-8-10-21-20(12-17)24(31-26-21)16-5-3-2-4-6-16/h2-13H,14H2,1H3. The van der Waals surface area contributed by atoms with Crippen molar-refractivity contribution in [2.24, 2.45) is 0 Å². The number of ether oxygens (including phenoxy) is 1. The van der Waals surface area contributed by atoms with Gasteiger partial charge in [-0.2, -0.15) is 0 Å². The largest absolute Gasteiger partial charge is 0.457 e. The van der Waals surface area contributed by atoms with Gasteiger partial charge in [-0.05, 0) is 36.8 Å². The van der Waals surface area contributed by atoms with Gasteiger partial charge in [0.05, 0.1) is 10.9 Å². The summed E-state index contributed by atoms with van der Waals surface area (Å²) in [5, 5.41) is 5.53. The molecule has 0 aliphatic rings. The van der Waals surface area contributed by atoms with Crippen LogP contribution < -0.4 is 5.63 Å². The number of nitrogens with zero attached hydrogens (tertiary/aromatic N) is 1. The van der Waals surface area contributed by atoms with Gasteiger partial charge in [-0.15, -0.1) is 0 Å². The number of hydrogen-bond acceptors (Lipinski definition) is 6. The summed E-state index contributed by atoms with van der Waals surface area (Å²) in [5.41, 5.74) is 3.44. The second kappa shape index (κ2) is 7.57. The van der Waals surface area contributed by atoms with E-state index in [1.807, 2.05) is 49.4 Å². The molecule has 0 bridgehead atoms. The summed E-state index contributed by atoms with van der Waals surface area (Å²) in [6.45, 7) is 1.87. The first-order valence-corrected chi connectivity index (χ1v) is 9.74. The lowest BCUT2D eigenvalue weighted by Gasteiger charge is -2.08. The Morgan fingerprint density at radius 3 is 2.65 bits per heavy atom. The first-order valence-electron chi connectivity index (χ1n) is 9.74. The van der Waals surface area contributed by atoms with E-state index in [2.05, 4.69) is 5.16 Å². The molecule has 0 fully saturated rings. The van der Waals surface area contributed by atoms with Crippen molar-refractivity contribution < 1.29 is 18.5 Å². The number of aryl methyl sites for hydroxylation is 1. The Morgan fingerprint density at radius 2 is 1.81 bits per heavy atom. The molecule has 0 saturated carbocycles. The number of esters is 1. The SMILES string of the molecule is Cc1ccc2c(COC(=O)c3ccc4noc(-c5ccccc5)c4c3)cc(=O)oc2c1. The molecule has 0 spiro atoms. The molecular formula is C25H17NO5. The molecule has 0 amide bonds. The molecule has 0 N–H and O–H groups in total. The molecule has 0 atom stereocenters. The Labute approximate surface area is 176 Å². The number of aromatic nitrogens is 1. The lowest BCUT2D eigenvalue weighted by Crippen LogP contribution is -2.08. The quantitative estimate of drug-likeness (QED) is 0.296. The van der Waals surface area contributed by atoms with E-state index in [1.165, 1.54) is 6.07 Å². The summed E-state index contributed by atoms with van der Waals surface area (Å²) < 4.78 is 16.3. The Balaban J connectivity index is 1.44. The van der Waals surface area contributed by atoms with Gasteiger partial charge in [-0.1, -0.05) is 47.6 Å². The van der Waals surface area contributed by atoms with Gasteiger partial charge < -0.3 is 13.7 Å². The van der Waals surface area contributed by atoms with Gasteiger partial charge >= 0.3 is 11.6 Å². The van der Waals surface area contributed by atoms with E-state index < -0.39 is 11.6 Å². The molecule has 152 valence electrons. The summed E-state index contributed by atoms with van der Waals surface area (Å²) in [6.07, 6.45) is 0. The summed E-state index contributed by atoms with van der Waals surface area (Å²) in [6, 6.07) is 21.5. The van der Waals surface area contributed by atoms with Crippen molar-refractivity contribution in [1.82, 2.24) is 5.16 Å². The zero-order chi connectivity index (χ0) is 21.4. The zero-order valence-corrected chi connectivity index (χ0v) is 16.6. The highest BCUT2D eigenvalue weighted by Crippen LogP contribution is 2.29. The topological polar surface area (TPSA) is 82.5 Å². The number of fused-ring (bicyclic) bond motifs is 2. The maximum atomic E-state index is 12.7. The van der Waals surface area contributed by atoms with Crippen LogP contribution in [-0.4, -0.2) is 11.1 Å². The highest BCUT2D eigenvalue weighted by atomic mass is 16.5. The van der Waals surface area contributed by atoms with Crippen molar-refractivity contribution in [2.75, 3.05) is 0 Å². The monoisotopic (exact) mass is 411 g/mol. The molecule has 0 aliphatic heterocycles. The van der Waals surface area contributed by atoms with Crippen LogP contribution in [0, 0.1) is 6.92 Å². The van der Waals surface area contributed by atoms with Crippen molar-refractivity contribution in [1.29, 1.82) is 0 Å². The number of hydrogen-bond donors (Lipinski definition) is 0. The third-order valence-corrected chi connectivity index (χ3v) is 5.09. The highest BCUT2D eigenvalue weighted by Gasteiger charge is 2.16. The van der Waals surface area contributed by atoms with Crippen molar-refractivity contribution in [2.45, 2.75) is 13.5 Å². The van der Waals surface area contributed by atoms with Crippen LogP contribution in [0.25, 0.3) is 33.2 Å². The highest BCUT2D eigenvalue weighted by molar-refractivity contribution is 5.98. The molecule has 5 aromatic rings. The Morgan fingerprint density at radius 1 is 0.968 bits per heavy atom. The lowest BCUT2D eigenvalue weighted by molar-refractivity contribution is 0.0474. The molecular weight excluding hydrogens is 394 g/mol. The fourth-order valence-corrected chi connectivity index (χ4v) is 3.55. The van der Waals surface area contributed by atoms with E-state index in [9.17, 15) is 9.59 Å². The van der Waals surface area contributed by atoms with Gasteiger partial charge in [0.1, 0.15) is 17.7 Å².